The molecule has 104 valence electrons. The molecule has 0 atom stereocenters. The monoisotopic (exact) mass is 291 g/mol. The zero-order valence-corrected chi connectivity index (χ0v) is 11.7. The Morgan fingerprint density at radius 1 is 1.40 bits per heavy atom. The zero-order chi connectivity index (χ0) is 14.4. The van der Waals surface area contributed by atoms with Crippen LogP contribution in [-0.2, 0) is 6.54 Å². The Morgan fingerprint density at radius 2 is 2.25 bits per heavy atom. The molecule has 0 spiro atoms. The highest BCUT2D eigenvalue weighted by Crippen LogP contribution is 2.14. The molecule has 0 radical (unpaired) electrons. The lowest BCUT2D eigenvalue weighted by Gasteiger charge is -2.07. The number of nitrogens with zero attached hydrogens (tertiary/aromatic N) is 3. The van der Waals surface area contributed by atoms with Gasteiger partial charge in [0.15, 0.2) is 0 Å². The Hall–Kier alpha value is -2.21. The van der Waals surface area contributed by atoms with Crippen LogP contribution in [0.4, 0.5) is 5.82 Å². The average Bonchev–Trinajstić information content (AvgIpc) is 2.45. The molecule has 2 heterocycles. The fraction of sp³-hybridized carbons (Fsp3) is 0.231. The number of amides is 1. The standard InChI is InChI=1S/C13H14ClN5O/c1-2-15-12-7-9(6-11(14)18-12)13(20)16-8-10-4-3-5-17-19-10/h3-7H,2,8H2,1H3,(H,15,18)(H,16,20). The lowest BCUT2D eigenvalue weighted by Crippen LogP contribution is -2.23. The van der Waals surface area contributed by atoms with E-state index in [0.717, 1.165) is 0 Å². The maximum atomic E-state index is 12.1. The molecule has 6 nitrogen and oxygen atoms in total. The quantitative estimate of drug-likeness (QED) is 0.822. The van der Waals surface area contributed by atoms with Crippen LogP contribution in [0.15, 0.2) is 30.5 Å². The highest BCUT2D eigenvalue weighted by atomic mass is 35.5. The molecule has 20 heavy (non-hydrogen) atoms. The summed E-state index contributed by atoms with van der Waals surface area (Å²) >= 11 is 5.89. The van der Waals surface area contributed by atoms with Crippen molar-refractivity contribution in [3.05, 3.63) is 46.9 Å². The van der Waals surface area contributed by atoms with E-state index in [1.54, 1.807) is 24.4 Å². The number of pyridine rings is 1. The van der Waals surface area contributed by atoms with Crippen molar-refractivity contribution in [2.75, 3.05) is 11.9 Å². The molecule has 0 bridgehead atoms. The van der Waals surface area contributed by atoms with E-state index in [2.05, 4.69) is 25.8 Å². The van der Waals surface area contributed by atoms with Gasteiger partial charge < -0.3 is 10.6 Å². The van der Waals surface area contributed by atoms with E-state index in [9.17, 15) is 4.79 Å². The van der Waals surface area contributed by atoms with Crippen LogP contribution in [0.5, 0.6) is 0 Å². The summed E-state index contributed by atoms with van der Waals surface area (Å²) in [6.07, 6.45) is 1.58. The molecule has 1 amide bonds. The molecule has 2 aromatic rings. The van der Waals surface area contributed by atoms with Crippen molar-refractivity contribution in [3.8, 4) is 0 Å². The average molecular weight is 292 g/mol. The summed E-state index contributed by atoms with van der Waals surface area (Å²) in [5.74, 6) is 0.337. The second-order valence-corrected chi connectivity index (χ2v) is 4.38. The normalized spacial score (nSPS) is 10.1. The van der Waals surface area contributed by atoms with E-state index in [-0.39, 0.29) is 11.1 Å². The van der Waals surface area contributed by atoms with E-state index < -0.39 is 0 Å². The van der Waals surface area contributed by atoms with Gasteiger partial charge in [-0.05, 0) is 31.2 Å². The van der Waals surface area contributed by atoms with Crippen LogP contribution in [-0.4, -0.2) is 27.6 Å². The first-order valence-corrected chi connectivity index (χ1v) is 6.53. The van der Waals surface area contributed by atoms with Gasteiger partial charge in [-0.1, -0.05) is 11.6 Å². The molecule has 0 aromatic carbocycles. The molecule has 7 heteroatoms. The van der Waals surface area contributed by atoms with Crippen LogP contribution in [0.3, 0.4) is 0 Å². The van der Waals surface area contributed by atoms with Crippen LogP contribution >= 0.6 is 11.6 Å². The minimum absolute atomic E-state index is 0.237. The number of hydrogen-bond donors (Lipinski definition) is 2. The molecule has 2 N–H and O–H groups in total. The van der Waals surface area contributed by atoms with Gasteiger partial charge in [-0.15, -0.1) is 0 Å². The highest BCUT2D eigenvalue weighted by Gasteiger charge is 2.09. The molecule has 2 aromatic heterocycles. The van der Waals surface area contributed by atoms with E-state index in [1.165, 1.54) is 6.07 Å². The second-order valence-electron chi connectivity index (χ2n) is 3.99. The van der Waals surface area contributed by atoms with Crippen molar-refractivity contribution in [1.29, 1.82) is 0 Å². The van der Waals surface area contributed by atoms with Gasteiger partial charge in [-0.2, -0.15) is 10.2 Å². The van der Waals surface area contributed by atoms with E-state index in [0.29, 0.717) is 30.2 Å². The van der Waals surface area contributed by atoms with Gasteiger partial charge in [0.05, 0.1) is 12.2 Å². The fourth-order valence-corrected chi connectivity index (χ4v) is 1.81. The van der Waals surface area contributed by atoms with Crippen LogP contribution in [0.2, 0.25) is 5.15 Å². The topological polar surface area (TPSA) is 79.8 Å². The number of anilines is 1. The minimum Gasteiger partial charge on any atom is -0.370 e. The highest BCUT2D eigenvalue weighted by molar-refractivity contribution is 6.29. The molecule has 2 rings (SSSR count). The summed E-state index contributed by atoms with van der Waals surface area (Å²) in [5.41, 5.74) is 1.14. The number of halogens is 1. The predicted molar refractivity (Wildman–Crippen MR) is 76.6 cm³/mol. The van der Waals surface area contributed by atoms with Crippen LogP contribution < -0.4 is 10.6 Å². The molecule has 0 saturated carbocycles. The molecule has 0 saturated heterocycles. The molecule has 0 aliphatic carbocycles. The van der Waals surface area contributed by atoms with Crippen LogP contribution in [0.25, 0.3) is 0 Å². The number of aromatic nitrogens is 3. The Bertz CT molecular complexity index is 591. The summed E-state index contributed by atoms with van der Waals surface area (Å²) in [7, 11) is 0. The van der Waals surface area contributed by atoms with Crippen molar-refractivity contribution in [3.63, 3.8) is 0 Å². The Kier molecular flexibility index (Phi) is 4.84. The van der Waals surface area contributed by atoms with E-state index in [1.807, 2.05) is 6.92 Å². The summed E-state index contributed by atoms with van der Waals surface area (Å²) < 4.78 is 0. The van der Waals surface area contributed by atoms with Gasteiger partial charge in [0.1, 0.15) is 11.0 Å². The zero-order valence-electron chi connectivity index (χ0n) is 10.9. The first-order valence-electron chi connectivity index (χ1n) is 6.15. The number of rotatable bonds is 5. The Balaban J connectivity index is 2.05. The fourth-order valence-electron chi connectivity index (χ4n) is 1.60. The smallest absolute Gasteiger partial charge is 0.251 e. The first kappa shape index (κ1) is 14.2. The molecule has 0 aliphatic heterocycles. The summed E-state index contributed by atoms with van der Waals surface area (Å²) in [6, 6.07) is 6.73. The summed E-state index contributed by atoms with van der Waals surface area (Å²) in [6.45, 7) is 2.95. The number of nitrogens with one attached hydrogen (secondary N) is 2. The maximum absolute atomic E-state index is 12.1. The maximum Gasteiger partial charge on any atom is 0.251 e. The largest absolute Gasteiger partial charge is 0.370 e. The lowest BCUT2D eigenvalue weighted by molar-refractivity contribution is 0.0950. The first-order chi connectivity index (χ1) is 9.69. The van der Waals surface area contributed by atoms with Crippen molar-refractivity contribution >= 4 is 23.3 Å². The van der Waals surface area contributed by atoms with Crippen LogP contribution in [0.1, 0.15) is 23.0 Å². The summed E-state index contributed by atoms with van der Waals surface area (Å²) in [4.78, 5) is 16.1. The van der Waals surface area contributed by atoms with Crippen molar-refractivity contribution < 1.29 is 4.79 Å². The molecule has 0 aliphatic rings. The van der Waals surface area contributed by atoms with Gasteiger partial charge >= 0.3 is 0 Å². The van der Waals surface area contributed by atoms with Gasteiger partial charge in [0.2, 0.25) is 0 Å². The number of carbonyl (C=O) groups excluding carboxylic acids is 1. The summed E-state index contributed by atoms with van der Waals surface area (Å²) in [5, 5.41) is 13.7. The Labute approximate surface area is 121 Å². The molecular weight excluding hydrogens is 278 g/mol. The van der Waals surface area contributed by atoms with Crippen molar-refractivity contribution in [1.82, 2.24) is 20.5 Å². The van der Waals surface area contributed by atoms with Gasteiger partial charge in [0, 0.05) is 18.3 Å². The third-order valence-electron chi connectivity index (χ3n) is 2.47. The van der Waals surface area contributed by atoms with Gasteiger partial charge in [-0.25, -0.2) is 4.98 Å². The van der Waals surface area contributed by atoms with Crippen molar-refractivity contribution in [2.24, 2.45) is 0 Å². The van der Waals surface area contributed by atoms with E-state index >= 15 is 0 Å². The van der Waals surface area contributed by atoms with Gasteiger partial charge in [0.25, 0.3) is 5.91 Å². The third kappa shape index (κ3) is 3.89. The lowest BCUT2D eigenvalue weighted by atomic mass is 10.2. The number of carbonyl (C=O) groups is 1. The van der Waals surface area contributed by atoms with E-state index in [4.69, 9.17) is 11.6 Å². The number of hydrogen-bond acceptors (Lipinski definition) is 5. The SMILES string of the molecule is CCNc1cc(C(=O)NCc2cccnn2)cc(Cl)n1. The third-order valence-corrected chi connectivity index (χ3v) is 2.67. The van der Waals surface area contributed by atoms with Crippen molar-refractivity contribution in [2.45, 2.75) is 13.5 Å². The van der Waals surface area contributed by atoms with Crippen LogP contribution in [0, 0.1) is 0 Å². The molecule has 0 fully saturated rings. The predicted octanol–water partition coefficient (Wildman–Crippen LogP) is 1.89. The molecular formula is C13H14ClN5O. The minimum atomic E-state index is -0.237. The Morgan fingerprint density at radius 3 is 2.95 bits per heavy atom. The second kappa shape index (κ2) is 6.81. The van der Waals surface area contributed by atoms with Gasteiger partial charge in [-0.3, -0.25) is 4.79 Å². The molecule has 0 unspecified atom stereocenters.